The molecule has 0 bridgehead atoms. The molecule has 1 heterocycles. The highest BCUT2D eigenvalue weighted by atomic mass is 35.5. The molecule has 0 saturated heterocycles. The molecule has 98 valence electrons. The topological polar surface area (TPSA) is 63.1 Å². The number of nitrogens with zero attached hydrogens (tertiary/aromatic N) is 2. The van der Waals surface area contributed by atoms with E-state index < -0.39 is 11.9 Å². The molecule has 0 saturated carbocycles. The monoisotopic (exact) mass is 276 g/mol. The Morgan fingerprint density at radius 3 is 2.74 bits per heavy atom. The fraction of sp³-hybridized carbons (Fsp3) is 0.214. The van der Waals surface area contributed by atoms with Crippen molar-refractivity contribution >= 4 is 17.6 Å². The summed E-state index contributed by atoms with van der Waals surface area (Å²) in [4.78, 5) is 19.5. The van der Waals surface area contributed by atoms with E-state index >= 15 is 0 Å². The predicted molar refractivity (Wildman–Crippen MR) is 72.3 cm³/mol. The van der Waals surface area contributed by atoms with E-state index in [9.17, 15) is 9.90 Å². The summed E-state index contributed by atoms with van der Waals surface area (Å²) in [6, 6.07) is 8.92. The molecular weight excluding hydrogens is 264 g/mol. The Morgan fingerprint density at radius 1 is 1.37 bits per heavy atom. The van der Waals surface area contributed by atoms with Crippen LogP contribution in [0.2, 0.25) is 5.02 Å². The third-order valence-corrected chi connectivity index (χ3v) is 3.23. The molecule has 4 nitrogen and oxygen atoms in total. The van der Waals surface area contributed by atoms with Gasteiger partial charge in [-0.15, -0.1) is 0 Å². The highest BCUT2D eigenvalue weighted by Gasteiger charge is 2.22. The van der Waals surface area contributed by atoms with Crippen LogP contribution in [-0.2, 0) is 11.2 Å². The standard InChI is InChI=1S/C14H13ClN2O2/c1-9-6-13(17-8-16-9)11(14(18)19)7-10-4-2-3-5-12(10)15/h2-6,8,11H,7H2,1H3,(H,18,19). The van der Waals surface area contributed by atoms with Crippen LogP contribution in [0.1, 0.15) is 22.9 Å². The first-order valence-corrected chi connectivity index (χ1v) is 6.20. The van der Waals surface area contributed by atoms with E-state index in [0.29, 0.717) is 17.1 Å². The van der Waals surface area contributed by atoms with Gasteiger partial charge in [-0.25, -0.2) is 9.97 Å². The third kappa shape index (κ3) is 3.29. The van der Waals surface area contributed by atoms with Crippen molar-refractivity contribution in [1.29, 1.82) is 0 Å². The second-order valence-electron chi connectivity index (χ2n) is 4.27. The first-order valence-electron chi connectivity index (χ1n) is 5.82. The van der Waals surface area contributed by atoms with E-state index in [1.54, 1.807) is 19.1 Å². The summed E-state index contributed by atoms with van der Waals surface area (Å²) in [5, 5.41) is 9.94. The Balaban J connectivity index is 2.32. The molecule has 1 unspecified atom stereocenters. The lowest BCUT2D eigenvalue weighted by atomic mass is 9.95. The SMILES string of the molecule is Cc1cc(C(Cc2ccccc2Cl)C(=O)O)ncn1. The van der Waals surface area contributed by atoms with Gasteiger partial charge in [0.05, 0.1) is 5.69 Å². The summed E-state index contributed by atoms with van der Waals surface area (Å²) >= 11 is 6.07. The Kier molecular flexibility index (Phi) is 4.12. The number of halogens is 1. The molecule has 1 atom stereocenters. The van der Waals surface area contributed by atoms with E-state index in [2.05, 4.69) is 9.97 Å². The molecule has 0 fully saturated rings. The van der Waals surface area contributed by atoms with Crippen molar-refractivity contribution in [3.8, 4) is 0 Å². The number of benzene rings is 1. The van der Waals surface area contributed by atoms with Gasteiger partial charge in [-0.2, -0.15) is 0 Å². The average Bonchev–Trinajstić information content (AvgIpc) is 2.37. The van der Waals surface area contributed by atoms with Gasteiger partial charge in [-0.3, -0.25) is 4.79 Å². The van der Waals surface area contributed by atoms with Gasteiger partial charge in [0.25, 0.3) is 0 Å². The molecule has 2 rings (SSSR count). The van der Waals surface area contributed by atoms with Crippen molar-refractivity contribution in [2.45, 2.75) is 19.3 Å². The number of hydrogen-bond donors (Lipinski definition) is 1. The van der Waals surface area contributed by atoms with E-state index in [-0.39, 0.29) is 0 Å². The van der Waals surface area contributed by atoms with Crippen LogP contribution in [0.15, 0.2) is 36.7 Å². The highest BCUT2D eigenvalue weighted by Crippen LogP contribution is 2.24. The Labute approximate surface area is 116 Å². The first kappa shape index (κ1) is 13.5. The molecule has 0 aliphatic rings. The van der Waals surface area contributed by atoms with Gasteiger partial charge in [-0.05, 0) is 31.0 Å². The summed E-state index contributed by atoms with van der Waals surface area (Å²) in [6.45, 7) is 1.81. The zero-order valence-electron chi connectivity index (χ0n) is 10.4. The van der Waals surface area contributed by atoms with E-state index in [1.165, 1.54) is 6.33 Å². The normalized spacial score (nSPS) is 12.1. The summed E-state index contributed by atoms with van der Waals surface area (Å²) in [5.74, 6) is -1.64. The number of aryl methyl sites for hydroxylation is 1. The van der Waals surface area contributed by atoms with Crippen LogP contribution in [-0.4, -0.2) is 21.0 Å². The molecule has 1 aromatic carbocycles. The van der Waals surface area contributed by atoms with Crippen LogP contribution in [0.3, 0.4) is 0 Å². The lowest BCUT2D eigenvalue weighted by Gasteiger charge is -2.13. The number of carboxylic acids is 1. The predicted octanol–water partition coefficient (Wildman–Crippen LogP) is 2.85. The molecule has 0 radical (unpaired) electrons. The quantitative estimate of drug-likeness (QED) is 0.933. The van der Waals surface area contributed by atoms with E-state index in [1.807, 2.05) is 18.2 Å². The zero-order chi connectivity index (χ0) is 13.8. The Hall–Kier alpha value is -1.94. The van der Waals surface area contributed by atoms with Crippen LogP contribution in [0.4, 0.5) is 0 Å². The van der Waals surface area contributed by atoms with Crippen molar-refractivity contribution in [1.82, 2.24) is 9.97 Å². The number of aromatic nitrogens is 2. The van der Waals surface area contributed by atoms with Crippen LogP contribution in [0, 0.1) is 6.92 Å². The van der Waals surface area contributed by atoms with Crippen LogP contribution in [0.5, 0.6) is 0 Å². The molecule has 1 N–H and O–H groups in total. The molecule has 5 heteroatoms. The number of hydrogen-bond acceptors (Lipinski definition) is 3. The lowest BCUT2D eigenvalue weighted by Crippen LogP contribution is -2.16. The van der Waals surface area contributed by atoms with Crippen molar-refractivity contribution in [3.05, 3.63) is 58.6 Å². The first-order chi connectivity index (χ1) is 9.08. The van der Waals surface area contributed by atoms with Crippen molar-refractivity contribution in [2.24, 2.45) is 0 Å². The van der Waals surface area contributed by atoms with Gasteiger partial charge in [0.2, 0.25) is 0 Å². The van der Waals surface area contributed by atoms with Gasteiger partial charge in [-0.1, -0.05) is 29.8 Å². The average molecular weight is 277 g/mol. The van der Waals surface area contributed by atoms with Crippen molar-refractivity contribution in [3.63, 3.8) is 0 Å². The maximum absolute atomic E-state index is 11.4. The molecule has 19 heavy (non-hydrogen) atoms. The van der Waals surface area contributed by atoms with Crippen molar-refractivity contribution < 1.29 is 9.90 Å². The third-order valence-electron chi connectivity index (χ3n) is 2.86. The molecule has 0 spiro atoms. The maximum Gasteiger partial charge on any atom is 0.312 e. The smallest absolute Gasteiger partial charge is 0.312 e. The molecule has 0 aliphatic heterocycles. The fourth-order valence-corrected chi connectivity index (χ4v) is 2.08. The zero-order valence-corrected chi connectivity index (χ0v) is 11.1. The summed E-state index contributed by atoms with van der Waals surface area (Å²) in [6.07, 6.45) is 1.69. The molecule has 0 amide bonds. The largest absolute Gasteiger partial charge is 0.481 e. The lowest BCUT2D eigenvalue weighted by molar-refractivity contribution is -0.138. The summed E-state index contributed by atoms with van der Waals surface area (Å²) < 4.78 is 0. The van der Waals surface area contributed by atoms with Gasteiger partial charge in [0.15, 0.2) is 0 Å². The number of carbonyl (C=O) groups is 1. The fourth-order valence-electron chi connectivity index (χ4n) is 1.87. The second kappa shape index (κ2) is 5.80. The van der Waals surface area contributed by atoms with E-state index in [4.69, 9.17) is 11.6 Å². The van der Waals surface area contributed by atoms with Gasteiger partial charge in [0, 0.05) is 10.7 Å². The van der Waals surface area contributed by atoms with Gasteiger partial charge >= 0.3 is 5.97 Å². The minimum atomic E-state index is -0.919. The molecule has 1 aromatic heterocycles. The number of aliphatic carboxylic acids is 1. The minimum Gasteiger partial charge on any atom is -0.481 e. The van der Waals surface area contributed by atoms with Gasteiger partial charge in [0.1, 0.15) is 12.2 Å². The number of carboxylic acid groups (broad SMARTS) is 1. The number of rotatable bonds is 4. The van der Waals surface area contributed by atoms with Crippen molar-refractivity contribution in [2.75, 3.05) is 0 Å². The Morgan fingerprint density at radius 2 is 2.11 bits per heavy atom. The summed E-state index contributed by atoms with van der Waals surface area (Å²) in [5.41, 5.74) is 2.04. The highest BCUT2D eigenvalue weighted by molar-refractivity contribution is 6.31. The Bertz CT molecular complexity index is 602. The molecule has 0 aliphatic carbocycles. The summed E-state index contributed by atoms with van der Waals surface area (Å²) in [7, 11) is 0. The molecule has 2 aromatic rings. The van der Waals surface area contributed by atoms with Crippen LogP contribution >= 0.6 is 11.6 Å². The second-order valence-corrected chi connectivity index (χ2v) is 4.68. The van der Waals surface area contributed by atoms with Crippen LogP contribution in [0.25, 0.3) is 0 Å². The van der Waals surface area contributed by atoms with E-state index in [0.717, 1.165) is 11.3 Å². The maximum atomic E-state index is 11.4. The minimum absolute atomic E-state index is 0.311. The molecular formula is C14H13ClN2O2. The van der Waals surface area contributed by atoms with Gasteiger partial charge < -0.3 is 5.11 Å². The van der Waals surface area contributed by atoms with Crippen LogP contribution < -0.4 is 0 Å².